The molecule has 0 spiro atoms. The molecule has 2 rings (SSSR count). The fraction of sp³-hybridized carbons (Fsp3) is 0.133. The van der Waals surface area contributed by atoms with E-state index in [-0.39, 0.29) is 11.9 Å². The van der Waals surface area contributed by atoms with Gasteiger partial charge < -0.3 is 10.6 Å². The van der Waals surface area contributed by atoms with Gasteiger partial charge in [-0.2, -0.15) is 0 Å². The molecule has 2 N–H and O–H groups in total. The van der Waals surface area contributed by atoms with Crippen LogP contribution in [0.2, 0.25) is 0 Å². The van der Waals surface area contributed by atoms with Crippen molar-refractivity contribution in [2.75, 3.05) is 5.32 Å². The predicted molar refractivity (Wildman–Crippen MR) is 88.3 cm³/mol. The van der Waals surface area contributed by atoms with Crippen LogP contribution in [0.1, 0.15) is 18.5 Å². The normalized spacial score (nSPS) is 11.8. The maximum Gasteiger partial charge on any atom is 0.171 e. The molecule has 0 aliphatic rings. The Bertz CT molecular complexity index is 647. The highest BCUT2D eigenvalue weighted by Gasteiger charge is 2.09. The van der Waals surface area contributed by atoms with E-state index in [9.17, 15) is 8.78 Å². The first-order valence-corrected chi connectivity index (χ1v) is 7.44. The average Bonchev–Trinajstić information content (AvgIpc) is 2.42. The molecule has 0 saturated carbocycles. The first kappa shape index (κ1) is 15.9. The number of hydrogen-bond donors (Lipinski definition) is 2. The second kappa shape index (κ2) is 6.95. The standard InChI is InChI=1S/C15H13BrF2N2S/c1-9(10-2-5-12(17)6-3-10)19-15(21)20-14-7-4-11(16)8-13(14)18/h2-9H,1H3,(H2,19,20,21)/t9-/m0/s1. The molecular weight excluding hydrogens is 358 g/mol. The number of thiocarbonyl (C=S) groups is 1. The lowest BCUT2D eigenvalue weighted by atomic mass is 10.1. The molecule has 0 fully saturated rings. The molecule has 0 radical (unpaired) electrons. The average molecular weight is 371 g/mol. The van der Waals surface area contributed by atoms with Crippen molar-refractivity contribution in [2.24, 2.45) is 0 Å². The number of anilines is 1. The van der Waals surface area contributed by atoms with Crippen molar-refractivity contribution >= 4 is 38.9 Å². The topological polar surface area (TPSA) is 24.1 Å². The Balaban J connectivity index is 1.99. The third kappa shape index (κ3) is 4.47. The quantitative estimate of drug-likeness (QED) is 0.760. The minimum atomic E-state index is -0.400. The van der Waals surface area contributed by atoms with Gasteiger partial charge in [-0.3, -0.25) is 0 Å². The summed E-state index contributed by atoms with van der Waals surface area (Å²) in [6.07, 6.45) is 0. The van der Waals surface area contributed by atoms with Crippen LogP contribution < -0.4 is 10.6 Å². The highest BCUT2D eigenvalue weighted by molar-refractivity contribution is 9.10. The van der Waals surface area contributed by atoms with Crippen LogP contribution >= 0.6 is 28.1 Å². The molecule has 0 saturated heterocycles. The SMILES string of the molecule is C[C@H](NC(=S)Nc1ccc(Br)cc1F)c1ccc(F)cc1. The molecule has 2 aromatic rings. The van der Waals surface area contributed by atoms with Gasteiger partial charge in [-0.1, -0.05) is 28.1 Å². The zero-order chi connectivity index (χ0) is 15.4. The van der Waals surface area contributed by atoms with Crippen molar-refractivity contribution < 1.29 is 8.78 Å². The fourth-order valence-corrected chi connectivity index (χ4v) is 2.40. The number of benzene rings is 2. The summed E-state index contributed by atoms with van der Waals surface area (Å²) in [6, 6.07) is 10.7. The lowest BCUT2D eigenvalue weighted by Crippen LogP contribution is -2.31. The van der Waals surface area contributed by atoms with Gasteiger partial charge in [0.1, 0.15) is 11.6 Å². The van der Waals surface area contributed by atoms with Crippen LogP contribution in [0.15, 0.2) is 46.9 Å². The van der Waals surface area contributed by atoms with Crippen LogP contribution in [-0.2, 0) is 0 Å². The van der Waals surface area contributed by atoms with E-state index in [2.05, 4.69) is 26.6 Å². The Hall–Kier alpha value is -1.53. The maximum atomic E-state index is 13.7. The van der Waals surface area contributed by atoms with Gasteiger partial charge in [0.05, 0.1) is 11.7 Å². The first-order chi connectivity index (χ1) is 9.95. The number of hydrogen-bond acceptors (Lipinski definition) is 1. The predicted octanol–water partition coefficient (Wildman–Crippen LogP) is 4.77. The van der Waals surface area contributed by atoms with Crippen LogP contribution in [0, 0.1) is 11.6 Å². The molecule has 21 heavy (non-hydrogen) atoms. The van der Waals surface area contributed by atoms with Crippen LogP contribution in [0.3, 0.4) is 0 Å². The largest absolute Gasteiger partial charge is 0.356 e. The Kier molecular flexibility index (Phi) is 5.25. The van der Waals surface area contributed by atoms with Crippen LogP contribution in [0.25, 0.3) is 0 Å². The molecule has 2 aromatic carbocycles. The summed E-state index contributed by atoms with van der Waals surface area (Å²) in [7, 11) is 0. The summed E-state index contributed by atoms with van der Waals surface area (Å²) < 4.78 is 27.2. The molecule has 0 unspecified atom stereocenters. The van der Waals surface area contributed by atoms with Gasteiger partial charge in [0.15, 0.2) is 5.11 Å². The van der Waals surface area contributed by atoms with E-state index >= 15 is 0 Å². The van der Waals surface area contributed by atoms with Gasteiger partial charge in [-0.25, -0.2) is 8.78 Å². The lowest BCUT2D eigenvalue weighted by Gasteiger charge is -2.17. The summed E-state index contributed by atoms with van der Waals surface area (Å²) >= 11 is 8.35. The van der Waals surface area contributed by atoms with Crippen LogP contribution in [0.4, 0.5) is 14.5 Å². The van der Waals surface area contributed by atoms with Crippen molar-refractivity contribution in [3.05, 3.63) is 64.1 Å². The summed E-state index contributed by atoms with van der Waals surface area (Å²) in [5, 5.41) is 6.12. The summed E-state index contributed by atoms with van der Waals surface area (Å²) in [5.74, 6) is -0.688. The highest BCUT2D eigenvalue weighted by atomic mass is 79.9. The monoisotopic (exact) mass is 370 g/mol. The van der Waals surface area contributed by atoms with Gasteiger partial charge in [0.25, 0.3) is 0 Å². The fourth-order valence-electron chi connectivity index (χ4n) is 1.78. The lowest BCUT2D eigenvalue weighted by molar-refractivity contribution is 0.624. The molecule has 2 nitrogen and oxygen atoms in total. The van der Waals surface area contributed by atoms with E-state index in [1.807, 2.05) is 6.92 Å². The van der Waals surface area contributed by atoms with E-state index < -0.39 is 5.82 Å². The smallest absolute Gasteiger partial charge is 0.171 e. The minimum Gasteiger partial charge on any atom is -0.356 e. The maximum absolute atomic E-state index is 13.7. The number of halogens is 3. The summed E-state index contributed by atoms with van der Waals surface area (Å²) in [4.78, 5) is 0. The summed E-state index contributed by atoms with van der Waals surface area (Å²) in [5.41, 5.74) is 1.18. The second-order valence-corrected chi connectivity index (χ2v) is 5.82. The zero-order valence-electron chi connectivity index (χ0n) is 11.2. The van der Waals surface area contributed by atoms with E-state index in [0.29, 0.717) is 15.3 Å². The van der Waals surface area contributed by atoms with Crippen LogP contribution in [-0.4, -0.2) is 5.11 Å². The Morgan fingerprint density at radius 3 is 2.43 bits per heavy atom. The molecular formula is C15H13BrF2N2S. The van der Waals surface area contributed by atoms with Crippen LogP contribution in [0.5, 0.6) is 0 Å². The van der Waals surface area contributed by atoms with Crippen molar-refractivity contribution in [1.82, 2.24) is 5.32 Å². The third-order valence-corrected chi connectivity index (χ3v) is 3.61. The molecule has 110 valence electrons. The first-order valence-electron chi connectivity index (χ1n) is 6.24. The minimum absolute atomic E-state index is 0.121. The molecule has 6 heteroatoms. The van der Waals surface area contributed by atoms with E-state index in [1.54, 1.807) is 24.3 Å². The molecule has 0 amide bonds. The third-order valence-electron chi connectivity index (χ3n) is 2.90. The Morgan fingerprint density at radius 1 is 1.14 bits per heavy atom. The summed E-state index contributed by atoms with van der Waals surface area (Å²) in [6.45, 7) is 1.89. The van der Waals surface area contributed by atoms with E-state index in [4.69, 9.17) is 12.2 Å². The Morgan fingerprint density at radius 2 is 1.81 bits per heavy atom. The molecule has 1 atom stereocenters. The molecule has 0 aliphatic heterocycles. The molecule has 0 bridgehead atoms. The van der Waals surface area contributed by atoms with Gasteiger partial charge in [-0.15, -0.1) is 0 Å². The molecule has 0 aliphatic carbocycles. The van der Waals surface area contributed by atoms with E-state index in [1.165, 1.54) is 18.2 Å². The number of rotatable bonds is 3. The van der Waals surface area contributed by atoms with Gasteiger partial charge in [-0.05, 0) is 55.0 Å². The van der Waals surface area contributed by atoms with Crippen molar-refractivity contribution in [3.63, 3.8) is 0 Å². The Labute approximate surface area is 135 Å². The molecule has 0 aromatic heterocycles. The highest BCUT2D eigenvalue weighted by Crippen LogP contribution is 2.19. The second-order valence-electron chi connectivity index (χ2n) is 4.50. The van der Waals surface area contributed by atoms with Gasteiger partial charge >= 0.3 is 0 Å². The number of nitrogens with one attached hydrogen (secondary N) is 2. The van der Waals surface area contributed by atoms with Gasteiger partial charge in [0.2, 0.25) is 0 Å². The molecule has 0 heterocycles. The zero-order valence-corrected chi connectivity index (χ0v) is 13.6. The van der Waals surface area contributed by atoms with Crippen molar-refractivity contribution in [1.29, 1.82) is 0 Å². The van der Waals surface area contributed by atoms with Crippen molar-refractivity contribution in [3.8, 4) is 0 Å². The van der Waals surface area contributed by atoms with E-state index in [0.717, 1.165) is 5.56 Å². The van der Waals surface area contributed by atoms with Gasteiger partial charge in [0, 0.05) is 4.47 Å². The van der Waals surface area contributed by atoms with Crippen molar-refractivity contribution in [2.45, 2.75) is 13.0 Å².